The normalized spacial score (nSPS) is 27.3. The van der Waals surface area contributed by atoms with Crippen LogP contribution in [0.2, 0.25) is 0 Å². The number of likely N-dealkylation sites (tertiary alicyclic amines) is 1. The Morgan fingerprint density at radius 2 is 2.07 bits per heavy atom. The maximum atomic E-state index is 14.6. The first-order valence-electron chi connectivity index (χ1n) is 14.3. The Morgan fingerprint density at radius 1 is 1.29 bits per heavy atom. The number of ether oxygens (including phenoxy) is 2. The highest BCUT2D eigenvalue weighted by molar-refractivity contribution is 5.98. The summed E-state index contributed by atoms with van der Waals surface area (Å²) in [6.07, 6.45) is 5.21. The van der Waals surface area contributed by atoms with Gasteiger partial charge in [-0.2, -0.15) is 0 Å². The number of aliphatic hydroxyl groups excluding tert-OH is 1. The molecule has 3 aliphatic rings. The molecule has 6 atom stereocenters. The molecule has 0 radical (unpaired) electrons. The van der Waals surface area contributed by atoms with Gasteiger partial charge in [-0.05, 0) is 43.7 Å². The number of nitrogens with zero attached hydrogens (tertiary/aromatic N) is 5. The Labute approximate surface area is 239 Å². The van der Waals surface area contributed by atoms with Gasteiger partial charge in [0.2, 0.25) is 11.8 Å². The smallest absolute Gasteiger partial charge is 0.312 e. The zero-order chi connectivity index (χ0) is 29.3. The molecule has 11 heteroatoms. The van der Waals surface area contributed by atoms with Gasteiger partial charge in [-0.1, -0.05) is 43.3 Å². The molecule has 2 aromatic rings. The molecule has 1 N–H and O–H groups in total. The number of hydrogen-bond acceptors (Lipinski definition) is 8. The van der Waals surface area contributed by atoms with Crippen molar-refractivity contribution in [3.8, 4) is 0 Å². The third-order valence-corrected chi connectivity index (χ3v) is 8.74. The molecule has 2 amide bonds. The number of carbonyl (C=O) groups is 3. The zero-order valence-corrected chi connectivity index (χ0v) is 23.7. The fraction of sp³-hybridized carbons (Fsp3) is 0.567. The predicted octanol–water partition coefficient (Wildman–Crippen LogP) is 2.30. The van der Waals surface area contributed by atoms with E-state index in [4.69, 9.17) is 9.47 Å². The first kappa shape index (κ1) is 28.9. The van der Waals surface area contributed by atoms with E-state index in [1.165, 1.54) is 4.90 Å². The van der Waals surface area contributed by atoms with Crippen molar-refractivity contribution in [1.29, 1.82) is 0 Å². The Bertz CT molecular complexity index is 1330. The van der Waals surface area contributed by atoms with E-state index in [0.29, 0.717) is 31.2 Å². The largest absolute Gasteiger partial charge is 0.465 e. The van der Waals surface area contributed by atoms with Crippen LogP contribution in [0.15, 0.2) is 49.6 Å². The maximum Gasteiger partial charge on any atom is 0.312 e. The van der Waals surface area contributed by atoms with E-state index in [1.807, 2.05) is 38.1 Å². The molecule has 1 aromatic heterocycles. The molecule has 4 heterocycles. The van der Waals surface area contributed by atoms with Crippen molar-refractivity contribution < 1.29 is 29.0 Å². The van der Waals surface area contributed by atoms with Gasteiger partial charge in [-0.3, -0.25) is 14.4 Å². The van der Waals surface area contributed by atoms with Gasteiger partial charge in [-0.15, -0.1) is 18.3 Å². The molecular weight excluding hydrogens is 526 g/mol. The molecule has 0 aliphatic carbocycles. The second-order valence-electron chi connectivity index (χ2n) is 11.5. The molecule has 1 spiro atoms. The number of esters is 1. The fourth-order valence-electron chi connectivity index (χ4n) is 6.84. The second kappa shape index (κ2) is 11.7. The van der Waals surface area contributed by atoms with Crippen LogP contribution in [-0.2, 0) is 30.5 Å². The minimum atomic E-state index is -1.20. The number of fused-ring (bicyclic) bond motifs is 2. The minimum Gasteiger partial charge on any atom is -0.465 e. The summed E-state index contributed by atoms with van der Waals surface area (Å²) in [7, 11) is 0. The first-order valence-corrected chi connectivity index (χ1v) is 14.3. The number of unbranched alkanes of at least 4 members (excludes halogenated alkanes) is 1. The molecular formula is C30H39N5O6. The van der Waals surface area contributed by atoms with Crippen molar-refractivity contribution in [2.75, 3.05) is 19.8 Å². The number of para-hydroxylation sites is 1. The monoisotopic (exact) mass is 565 g/mol. The molecule has 5 rings (SSSR count). The molecule has 0 saturated carbocycles. The number of rotatable bonds is 13. The number of aromatic nitrogens is 3. The lowest BCUT2D eigenvalue weighted by molar-refractivity contribution is -0.157. The highest BCUT2D eigenvalue weighted by atomic mass is 16.6. The molecule has 11 nitrogen and oxygen atoms in total. The lowest BCUT2D eigenvalue weighted by atomic mass is 9.70. The van der Waals surface area contributed by atoms with Crippen molar-refractivity contribution in [3.63, 3.8) is 0 Å². The van der Waals surface area contributed by atoms with Gasteiger partial charge in [0.25, 0.3) is 0 Å². The summed E-state index contributed by atoms with van der Waals surface area (Å²) in [5.74, 6) is -3.00. The van der Waals surface area contributed by atoms with Crippen molar-refractivity contribution in [1.82, 2.24) is 24.8 Å². The van der Waals surface area contributed by atoms with E-state index in [0.717, 1.165) is 5.52 Å². The Morgan fingerprint density at radius 3 is 2.78 bits per heavy atom. The predicted molar refractivity (Wildman–Crippen MR) is 150 cm³/mol. The summed E-state index contributed by atoms with van der Waals surface area (Å²) >= 11 is 0. The molecule has 2 unspecified atom stereocenters. The average molecular weight is 566 g/mol. The molecule has 3 fully saturated rings. The first-order chi connectivity index (χ1) is 19.8. The summed E-state index contributed by atoms with van der Waals surface area (Å²) < 4.78 is 13.7. The van der Waals surface area contributed by atoms with E-state index in [9.17, 15) is 19.5 Å². The average Bonchev–Trinajstić information content (AvgIpc) is 3.71. The van der Waals surface area contributed by atoms with Gasteiger partial charge in [-0.25, -0.2) is 4.68 Å². The highest BCUT2D eigenvalue weighted by Crippen LogP contribution is 2.59. The summed E-state index contributed by atoms with van der Waals surface area (Å²) in [6, 6.07) is 5.79. The number of benzene rings is 1. The summed E-state index contributed by atoms with van der Waals surface area (Å²) in [6.45, 7) is 11.5. The Balaban J connectivity index is 1.51. The molecule has 1 aromatic carbocycles. The zero-order valence-electron chi connectivity index (χ0n) is 23.7. The van der Waals surface area contributed by atoms with Crippen LogP contribution >= 0.6 is 0 Å². The SMILES string of the molecule is C=CCCCOC(=O)[C@@H]1[C@@H]2CCC3(O2)C(C(=O)N(CC=C)Cn2nnc4ccccc42)N([C@@H](CO)C(C)C)C(=O)[C@H]13. The van der Waals surface area contributed by atoms with Crippen molar-refractivity contribution >= 4 is 28.8 Å². The van der Waals surface area contributed by atoms with E-state index in [2.05, 4.69) is 23.5 Å². The summed E-state index contributed by atoms with van der Waals surface area (Å²) in [4.78, 5) is 45.2. The van der Waals surface area contributed by atoms with Crippen LogP contribution in [0.4, 0.5) is 0 Å². The number of amides is 2. The quantitative estimate of drug-likeness (QED) is 0.223. The van der Waals surface area contributed by atoms with Gasteiger partial charge >= 0.3 is 5.97 Å². The third kappa shape index (κ3) is 4.84. The number of carbonyl (C=O) groups excluding carboxylic acids is 3. The minimum absolute atomic E-state index is 0.0777. The van der Waals surface area contributed by atoms with Crippen LogP contribution in [0, 0.1) is 17.8 Å². The van der Waals surface area contributed by atoms with Crippen LogP contribution in [0.5, 0.6) is 0 Å². The van der Waals surface area contributed by atoms with Crippen molar-refractivity contribution in [3.05, 3.63) is 49.6 Å². The summed E-state index contributed by atoms with van der Waals surface area (Å²) in [5.41, 5.74) is 0.259. The lowest BCUT2D eigenvalue weighted by Crippen LogP contribution is -2.59. The second-order valence-corrected chi connectivity index (χ2v) is 11.5. The molecule has 2 bridgehead atoms. The molecule has 3 saturated heterocycles. The van der Waals surface area contributed by atoms with Gasteiger partial charge < -0.3 is 24.4 Å². The number of hydrogen-bond donors (Lipinski definition) is 1. The van der Waals surface area contributed by atoms with Gasteiger partial charge in [0.15, 0.2) is 0 Å². The fourth-order valence-corrected chi connectivity index (χ4v) is 6.84. The Kier molecular flexibility index (Phi) is 8.28. The molecule has 220 valence electrons. The topological polar surface area (TPSA) is 127 Å². The van der Waals surface area contributed by atoms with Crippen LogP contribution in [0.3, 0.4) is 0 Å². The lowest BCUT2D eigenvalue weighted by Gasteiger charge is -2.40. The van der Waals surface area contributed by atoms with E-state index < -0.39 is 41.6 Å². The molecule has 3 aliphatic heterocycles. The van der Waals surface area contributed by atoms with Crippen molar-refractivity contribution in [2.45, 2.75) is 70.0 Å². The summed E-state index contributed by atoms with van der Waals surface area (Å²) in [5, 5.41) is 18.9. The third-order valence-electron chi connectivity index (χ3n) is 8.74. The van der Waals surface area contributed by atoms with E-state index in [1.54, 1.807) is 21.7 Å². The van der Waals surface area contributed by atoms with Gasteiger partial charge in [0.1, 0.15) is 23.8 Å². The highest BCUT2D eigenvalue weighted by Gasteiger charge is 2.75. The number of aliphatic hydroxyl groups is 1. The van der Waals surface area contributed by atoms with Gasteiger partial charge in [0.05, 0.1) is 42.7 Å². The Hall–Kier alpha value is -3.57. The van der Waals surface area contributed by atoms with Crippen LogP contribution in [-0.4, -0.2) is 91.2 Å². The van der Waals surface area contributed by atoms with Crippen LogP contribution in [0.1, 0.15) is 39.5 Å². The van der Waals surface area contributed by atoms with E-state index >= 15 is 0 Å². The van der Waals surface area contributed by atoms with Crippen LogP contribution < -0.4 is 0 Å². The maximum absolute atomic E-state index is 14.6. The van der Waals surface area contributed by atoms with Gasteiger partial charge in [0, 0.05) is 6.54 Å². The molecule has 41 heavy (non-hydrogen) atoms. The van der Waals surface area contributed by atoms with E-state index in [-0.39, 0.29) is 44.2 Å². The number of allylic oxidation sites excluding steroid dienone is 1. The van der Waals surface area contributed by atoms with Crippen LogP contribution in [0.25, 0.3) is 11.0 Å². The standard InChI is InChI=1S/C30H39N5O6/c1-5-7-10-16-40-29(39)24-23-13-14-30(41-23)25(24)27(37)35(22(17-36)19(3)4)26(30)28(38)33(15-6-2)18-34-21-12-9-8-11-20(21)31-32-34/h5-6,8-9,11-12,19,22-26,36H,1-2,7,10,13-18H2,3-4H3/t22-,23-,24+,25-,26?,30?/m0/s1. The van der Waals surface area contributed by atoms with Crippen molar-refractivity contribution in [2.24, 2.45) is 17.8 Å².